The van der Waals surface area contributed by atoms with E-state index >= 15 is 0 Å². The van der Waals surface area contributed by atoms with Crippen molar-refractivity contribution < 1.29 is 18.7 Å². The van der Waals surface area contributed by atoms with E-state index in [2.05, 4.69) is 4.98 Å². The third-order valence-electron chi connectivity index (χ3n) is 4.35. The highest BCUT2D eigenvalue weighted by Gasteiger charge is 2.41. The fourth-order valence-electron chi connectivity index (χ4n) is 3.06. The van der Waals surface area contributed by atoms with E-state index in [9.17, 15) is 14.0 Å². The number of amides is 1. The van der Waals surface area contributed by atoms with E-state index in [0.717, 1.165) is 5.56 Å². The van der Waals surface area contributed by atoms with Crippen LogP contribution >= 0.6 is 11.3 Å². The van der Waals surface area contributed by atoms with Crippen LogP contribution in [0.15, 0.2) is 29.8 Å². The molecule has 1 fully saturated rings. The molecule has 1 aromatic carbocycles. The number of aryl methyl sites for hydroxylation is 1. The van der Waals surface area contributed by atoms with Crippen LogP contribution in [0.2, 0.25) is 0 Å². The molecule has 1 saturated heterocycles. The lowest BCUT2D eigenvalue weighted by molar-refractivity contribution is -0.145. The Morgan fingerprint density at radius 1 is 1.29 bits per heavy atom. The minimum atomic E-state index is -0.461. The molecule has 0 radical (unpaired) electrons. The van der Waals surface area contributed by atoms with Crippen molar-refractivity contribution in [3.63, 3.8) is 0 Å². The van der Waals surface area contributed by atoms with E-state index in [1.54, 1.807) is 29.5 Å². The van der Waals surface area contributed by atoms with Gasteiger partial charge in [-0.3, -0.25) is 9.59 Å². The van der Waals surface area contributed by atoms with Gasteiger partial charge in [-0.2, -0.15) is 0 Å². The number of hydrogen-bond donors (Lipinski definition) is 0. The highest BCUT2D eigenvalue weighted by molar-refractivity contribution is 7.11. The number of ether oxygens (including phenoxy) is 1. The second-order valence-corrected chi connectivity index (χ2v) is 6.62. The Hall–Kier alpha value is -2.28. The van der Waals surface area contributed by atoms with Gasteiger partial charge in [0.2, 0.25) is 0 Å². The Labute approximate surface area is 143 Å². The van der Waals surface area contributed by atoms with Crippen LogP contribution < -0.4 is 0 Å². The van der Waals surface area contributed by atoms with Gasteiger partial charge in [0.15, 0.2) is 0 Å². The van der Waals surface area contributed by atoms with Crippen LogP contribution in [-0.4, -0.2) is 42.0 Å². The van der Waals surface area contributed by atoms with Gasteiger partial charge in [-0.05, 0) is 24.6 Å². The SMILES string of the molecule is COC(=O)[C@H]1CN(C(=O)c2scnc2C)C[C@@H]1c1ccc(F)cc1. The largest absolute Gasteiger partial charge is 0.469 e. The molecule has 3 rings (SSSR count). The minimum Gasteiger partial charge on any atom is -0.469 e. The summed E-state index contributed by atoms with van der Waals surface area (Å²) in [4.78, 5) is 31.2. The Balaban J connectivity index is 1.88. The molecule has 126 valence electrons. The summed E-state index contributed by atoms with van der Waals surface area (Å²) in [5.74, 6) is -1.50. The van der Waals surface area contributed by atoms with Crippen molar-refractivity contribution in [2.24, 2.45) is 5.92 Å². The first-order valence-electron chi connectivity index (χ1n) is 7.54. The number of thiazole rings is 1. The minimum absolute atomic E-state index is 0.131. The summed E-state index contributed by atoms with van der Waals surface area (Å²) in [6.45, 7) is 2.46. The van der Waals surface area contributed by atoms with Gasteiger partial charge in [0.05, 0.1) is 24.2 Å². The highest BCUT2D eigenvalue weighted by Crippen LogP contribution is 2.35. The first kappa shape index (κ1) is 16.6. The average molecular weight is 348 g/mol. The van der Waals surface area contributed by atoms with Gasteiger partial charge < -0.3 is 9.64 Å². The van der Waals surface area contributed by atoms with Crippen LogP contribution in [-0.2, 0) is 9.53 Å². The molecule has 5 nitrogen and oxygen atoms in total. The van der Waals surface area contributed by atoms with Crippen LogP contribution in [0.1, 0.15) is 26.8 Å². The van der Waals surface area contributed by atoms with Crippen LogP contribution in [0, 0.1) is 18.7 Å². The number of rotatable bonds is 3. The van der Waals surface area contributed by atoms with E-state index in [1.165, 1.54) is 30.6 Å². The maximum atomic E-state index is 13.2. The maximum Gasteiger partial charge on any atom is 0.311 e. The summed E-state index contributed by atoms with van der Waals surface area (Å²) < 4.78 is 18.1. The second kappa shape index (κ2) is 6.68. The molecule has 1 aromatic heterocycles. The van der Waals surface area contributed by atoms with E-state index < -0.39 is 5.92 Å². The summed E-state index contributed by atoms with van der Waals surface area (Å²) in [6, 6.07) is 6.03. The van der Waals surface area contributed by atoms with Crippen molar-refractivity contribution in [2.45, 2.75) is 12.8 Å². The zero-order chi connectivity index (χ0) is 17.3. The number of carbonyl (C=O) groups is 2. The maximum absolute atomic E-state index is 13.2. The number of hydrogen-bond acceptors (Lipinski definition) is 5. The Bertz CT molecular complexity index is 759. The first-order chi connectivity index (χ1) is 11.5. The van der Waals surface area contributed by atoms with Crippen molar-refractivity contribution in [1.29, 1.82) is 0 Å². The normalized spacial score (nSPS) is 20.2. The van der Waals surface area contributed by atoms with Gasteiger partial charge >= 0.3 is 5.97 Å². The Morgan fingerprint density at radius 3 is 2.58 bits per heavy atom. The quantitative estimate of drug-likeness (QED) is 0.800. The standard InChI is InChI=1S/C17H17FN2O3S/c1-10-15(24-9-19-10)16(21)20-7-13(14(8-20)17(22)23-2)11-3-5-12(18)6-4-11/h3-6,9,13-14H,7-8H2,1-2H3/t13-,14+/m1/s1. The molecule has 0 spiro atoms. The topological polar surface area (TPSA) is 59.5 Å². The fourth-order valence-corrected chi connectivity index (χ4v) is 3.83. The monoisotopic (exact) mass is 348 g/mol. The third kappa shape index (κ3) is 3.03. The Kier molecular flexibility index (Phi) is 4.62. The van der Waals surface area contributed by atoms with Crippen molar-refractivity contribution in [3.05, 3.63) is 51.7 Å². The third-order valence-corrected chi connectivity index (χ3v) is 5.27. The Morgan fingerprint density at radius 2 is 2.00 bits per heavy atom. The lowest BCUT2D eigenvalue weighted by Gasteiger charge is -2.16. The zero-order valence-corrected chi connectivity index (χ0v) is 14.2. The van der Waals surface area contributed by atoms with Crippen LogP contribution in [0.4, 0.5) is 4.39 Å². The molecular formula is C17H17FN2O3S. The van der Waals surface area contributed by atoms with E-state index in [0.29, 0.717) is 17.1 Å². The predicted octanol–water partition coefficient (Wildman–Crippen LogP) is 2.62. The molecule has 2 heterocycles. The lowest BCUT2D eigenvalue weighted by Crippen LogP contribution is -2.30. The molecule has 0 unspecified atom stereocenters. The number of carbonyl (C=O) groups excluding carboxylic acids is 2. The summed E-state index contributed by atoms with van der Waals surface area (Å²) in [7, 11) is 1.34. The molecule has 1 aliphatic heterocycles. The smallest absolute Gasteiger partial charge is 0.311 e. The molecular weight excluding hydrogens is 331 g/mol. The van der Waals surface area contributed by atoms with E-state index in [4.69, 9.17) is 4.74 Å². The molecule has 0 saturated carbocycles. The molecule has 0 N–H and O–H groups in total. The van der Waals surface area contributed by atoms with Crippen molar-refractivity contribution >= 4 is 23.2 Å². The molecule has 0 aliphatic carbocycles. The molecule has 1 aliphatic rings. The molecule has 0 bridgehead atoms. The fraction of sp³-hybridized carbons (Fsp3) is 0.353. The molecule has 24 heavy (non-hydrogen) atoms. The molecule has 2 atom stereocenters. The number of aromatic nitrogens is 1. The van der Waals surface area contributed by atoms with Crippen LogP contribution in [0.3, 0.4) is 0 Å². The summed E-state index contributed by atoms with van der Waals surface area (Å²) in [6.07, 6.45) is 0. The highest BCUT2D eigenvalue weighted by atomic mass is 32.1. The van der Waals surface area contributed by atoms with Crippen LogP contribution in [0.5, 0.6) is 0 Å². The lowest BCUT2D eigenvalue weighted by atomic mass is 9.89. The van der Waals surface area contributed by atoms with E-state index in [1.807, 2.05) is 0 Å². The zero-order valence-electron chi connectivity index (χ0n) is 13.4. The molecule has 1 amide bonds. The van der Waals surface area contributed by atoms with Crippen molar-refractivity contribution in [1.82, 2.24) is 9.88 Å². The second-order valence-electron chi connectivity index (χ2n) is 5.76. The average Bonchev–Trinajstić information content (AvgIpc) is 3.21. The summed E-state index contributed by atoms with van der Waals surface area (Å²) in [5, 5.41) is 0. The first-order valence-corrected chi connectivity index (χ1v) is 8.42. The number of methoxy groups -OCH3 is 1. The van der Waals surface area contributed by atoms with Crippen LogP contribution in [0.25, 0.3) is 0 Å². The van der Waals surface area contributed by atoms with Gasteiger partial charge in [0.25, 0.3) is 5.91 Å². The summed E-state index contributed by atoms with van der Waals surface area (Å²) >= 11 is 1.29. The predicted molar refractivity (Wildman–Crippen MR) is 87.4 cm³/mol. The van der Waals surface area contributed by atoms with Crippen molar-refractivity contribution in [3.8, 4) is 0 Å². The van der Waals surface area contributed by atoms with Gasteiger partial charge in [-0.15, -0.1) is 11.3 Å². The number of esters is 1. The van der Waals surface area contributed by atoms with Gasteiger partial charge in [0, 0.05) is 19.0 Å². The number of benzene rings is 1. The molecule has 2 aromatic rings. The number of nitrogens with zero attached hydrogens (tertiary/aromatic N) is 2. The number of likely N-dealkylation sites (tertiary alicyclic amines) is 1. The van der Waals surface area contributed by atoms with Gasteiger partial charge in [-0.25, -0.2) is 9.37 Å². The molecule has 7 heteroatoms. The summed E-state index contributed by atoms with van der Waals surface area (Å²) in [5.41, 5.74) is 3.14. The van der Waals surface area contributed by atoms with Crippen molar-refractivity contribution in [2.75, 3.05) is 20.2 Å². The van der Waals surface area contributed by atoms with E-state index in [-0.39, 0.29) is 30.2 Å². The number of halogens is 1. The van der Waals surface area contributed by atoms with Gasteiger partial charge in [0.1, 0.15) is 10.7 Å². The van der Waals surface area contributed by atoms with Gasteiger partial charge in [-0.1, -0.05) is 12.1 Å².